The average Bonchev–Trinajstić information content (AvgIpc) is 2.97. The Kier molecular flexibility index (Phi) is 8.01. The van der Waals surface area contributed by atoms with Crippen LogP contribution in [0, 0.1) is 11.8 Å². The molecule has 0 aliphatic carbocycles. The van der Waals surface area contributed by atoms with E-state index in [1.54, 1.807) is 5.32 Å². The number of hydrogen-bond donors (Lipinski definition) is 7. The highest BCUT2D eigenvalue weighted by molar-refractivity contribution is 7.66. The second kappa shape index (κ2) is 9.51. The minimum Gasteiger partial charge on any atom is -0.394 e. The number of aliphatic hydroxyl groups is 2. The summed E-state index contributed by atoms with van der Waals surface area (Å²) in [6, 6.07) is -1.49. The molecule has 180 valence electrons. The molecule has 0 radical (unpaired) electrons. The minimum atomic E-state index is -5.94. The van der Waals surface area contributed by atoms with Gasteiger partial charge in [0, 0.05) is 0 Å². The van der Waals surface area contributed by atoms with E-state index >= 15 is 0 Å². The van der Waals surface area contributed by atoms with Crippen LogP contribution >= 0.6 is 23.5 Å². The van der Waals surface area contributed by atoms with Crippen molar-refractivity contribution < 1.29 is 75.7 Å². The highest BCUT2D eigenvalue weighted by atomic mass is 31.3. The van der Waals surface area contributed by atoms with Gasteiger partial charge in [0.05, 0.1) is 19.1 Å². The lowest BCUT2D eigenvalue weighted by molar-refractivity contribution is -1.01. The lowest BCUT2D eigenvalue weighted by atomic mass is 10.1. The van der Waals surface area contributed by atoms with E-state index in [1.165, 1.54) is 6.92 Å². The molecule has 3 amide bonds. The molecule has 2 rings (SSSR count). The fourth-order valence-corrected chi connectivity index (χ4v) is 5.89. The molecule has 2 aliphatic heterocycles. The zero-order valence-electron chi connectivity index (χ0n) is 15.9. The Balaban J connectivity index is 2.52. The van der Waals surface area contributed by atoms with Gasteiger partial charge in [-0.25, -0.2) is 23.8 Å². The summed E-state index contributed by atoms with van der Waals surface area (Å²) in [6.07, 6.45) is -4.36. The Morgan fingerprint density at radius 3 is 2.31 bits per heavy atom. The molecule has 6 atom stereocenters. The third kappa shape index (κ3) is 6.39. The van der Waals surface area contributed by atoms with E-state index in [2.05, 4.69) is 20.5 Å². The van der Waals surface area contributed by atoms with Crippen LogP contribution in [0.15, 0.2) is 11.8 Å². The summed E-state index contributed by atoms with van der Waals surface area (Å²) in [4.78, 5) is 61.1. The van der Waals surface area contributed by atoms with Gasteiger partial charge in [-0.2, -0.15) is 8.62 Å². The molecule has 2 aliphatic rings. The van der Waals surface area contributed by atoms with Gasteiger partial charge < -0.3 is 29.6 Å². The topological polar surface area (TPSA) is 256 Å². The van der Waals surface area contributed by atoms with Crippen molar-refractivity contribution in [1.29, 1.82) is 0 Å². The molecular formula is C12H18N2O15P3+. The molecule has 0 aromatic heterocycles. The molecule has 32 heavy (non-hydrogen) atoms. The van der Waals surface area contributed by atoms with E-state index in [1.807, 2.05) is 0 Å². The van der Waals surface area contributed by atoms with Crippen LogP contribution in [0.25, 0.3) is 0 Å². The number of hydroxylamine groups is 3. The molecule has 7 N–H and O–H groups in total. The number of phosphoric acid groups is 3. The van der Waals surface area contributed by atoms with Crippen molar-refractivity contribution in [3.63, 3.8) is 0 Å². The van der Waals surface area contributed by atoms with Crippen LogP contribution in [0.1, 0.15) is 13.3 Å². The first-order valence-corrected chi connectivity index (χ1v) is 12.8. The third-order valence-corrected chi connectivity index (χ3v) is 7.63. The van der Waals surface area contributed by atoms with Crippen molar-refractivity contribution in [3.05, 3.63) is 11.8 Å². The average molecular weight is 523 g/mol. The molecule has 0 aromatic rings. The van der Waals surface area contributed by atoms with Crippen LogP contribution in [0.4, 0.5) is 4.79 Å². The number of imide groups is 1. The number of hydrogen-bond acceptors (Lipinski definition) is 11. The van der Waals surface area contributed by atoms with Crippen LogP contribution in [0.3, 0.4) is 0 Å². The molecule has 0 aromatic carbocycles. The van der Waals surface area contributed by atoms with Crippen LogP contribution in [0.5, 0.6) is 0 Å². The maximum atomic E-state index is 12.7. The third-order valence-electron chi connectivity index (χ3n) is 3.83. The van der Waals surface area contributed by atoms with Gasteiger partial charge in [-0.15, -0.1) is 5.92 Å². The van der Waals surface area contributed by atoms with E-state index in [4.69, 9.17) is 19.1 Å². The molecule has 1 saturated heterocycles. The maximum absolute atomic E-state index is 12.7. The minimum absolute atomic E-state index is 0.490. The van der Waals surface area contributed by atoms with Crippen molar-refractivity contribution in [3.8, 4) is 11.8 Å². The Labute approximate surface area is 179 Å². The van der Waals surface area contributed by atoms with Gasteiger partial charge in [0.25, 0.3) is 5.91 Å². The highest BCUT2D eigenvalue weighted by Crippen LogP contribution is 2.67. The molecule has 2 heterocycles. The molecule has 1 fully saturated rings. The molecule has 20 heteroatoms. The summed E-state index contributed by atoms with van der Waals surface area (Å²) in [6.45, 7) is 0.554. The van der Waals surface area contributed by atoms with Gasteiger partial charge in [0.15, 0.2) is 6.20 Å². The summed E-state index contributed by atoms with van der Waals surface area (Å²) < 4.78 is 50.1. The zero-order chi connectivity index (χ0) is 24.5. The molecule has 0 spiro atoms. The number of aliphatic hydroxyl groups excluding tert-OH is 2. The predicted molar refractivity (Wildman–Crippen MR) is 96.7 cm³/mol. The lowest BCUT2D eigenvalue weighted by Crippen LogP contribution is -2.62. The summed E-state index contributed by atoms with van der Waals surface area (Å²) in [7, 11) is -17.6. The van der Waals surface area contributed by atoms with Crippen LogP contribution in [-0.4, -0.2) is 71.4 Å². The van der Waals surface area contributed by atoms with E-state index < -0.39 is 77.1 Å². The predicted octanol–water partition coefficient (Wildman–Crippen LogP) is -1.31. The SMILES string of the molecule is CC#CC1=C[N+](OP(=O)(O)OP(=O)(O)OP(=O)(O)O)([C@H]2C[C@H](O)[C@@H](CO)O2)C(=O)NC1=O. The summed E-state index contributed by atoms with van der Waals surface area (Å²) in [5.74, 6) is 3.55. The number of carbonyl (C=O) groups is 2. The molecule has 17 nitrogen and oxygen atoms in total. The maximum Gasteiger partial charge on any atom is 0.528 e. The lowest BCUT2D eigenvalue weighted by Gasteiger charge is -2.35. The fraction of sp³-hybridized carbons (Fsp3) is 0.500. The number of urea groups is 1. The smallest absolute Gasteiger partial charge is 0.394 e. The Hall–Kier alpha value is -1.31. The Bertz CT molecular complexity index is 1030. The Morgan fingerprint density at radius 1 is 1.19 bits per heavy atom. The zero-order valence-corrected chi connectivity index (χ0v) is 18.6. The van der Waals surface area contributed by atoms with Gasteiger partial charge in [-0.05, 0) is 11.6 Å². The number of nitrogens with zero attached hydrogens (tertiary/aromatic N) is 1. The number of ether oxygens (including phenoxy) is 1. The highest BCUT2D eigenvalue weighted by Gasteiger charge is 2.61. The van der Waals surface area contributed by atoms with Gasteiger partial charge >= 0.3 is 29.5 Å². The van der Waals surface area contributed by atoms with Crippen molar-refractivity contribution >= 4 is 35.4 Å². The fourth-order valence-electron chi connectivity index (χ4n) is 2.70. The van der Waals surface area contributed by atoms with E-state index in [0.717, 1.165) is 0 Å². The van der Waals surface area contributed by atoms with Crippen LogP contribution in [0.2, 0.25) is 0 Å². The van der Waals surface area contributed by atoms with Gasteiger partial charge in [0.1, 0.15) is 11.7 Å². The van der Waals surface area contributed by atoms with E-state index in [9.17, 15) is 43.3 Å². The molecular weight excluding hydrogens is 505 g/mol. The molecule has 0 bridgehead atoms. The van der Waals surface area contributed by atoms with Gasteiger partial charge in [-0.3, -0.25) is 9.69 Å². The molecule has 3 unspecified atom stereocenters. The number of rotatable bonds is 8. The summed E-state index contributed by atoms with van der Waals surface area (Å²) >= 11 is 0. The summed E-state index contributed by atoms with van der Waals surface area (Å²) in [5.41, 5.74) is -0.490. The first kappa shape index (κ1) is 26.9. The van der Waals surface area contributed by atoms with Gasteiger partial charge in [0.2, 0.25) is 6.23 Å². The van der Waals surface area contributed by atoms with Crippen molar-refractivity contribution in [2.75, 3.05) is 6.61 Å². The first-order valence-electron chi connectivity index (χ1n) is 8.23. The summed E-state index contributed by atoms with van der Waals surface area (Å²) in [5, 5.41) is 21.0. The number of amides is 3. The second-order valence-electron chi connectivity index (χ2n) is 6.17. The Morgan fingerprint density at radius 2 is 1.81 bits per heavy atom. The first-order chi connectivity index (χ1) is 14.5. The number of quaternary nitrogens is 1. The van der Waals surface area contributed by atoms with Crippen molar-refractivity contribution in [1.82, 2.24) is 5.32 Å². The standard InChI is InChI=1S/C12H17N2O15P3/c1-2-3-7-5-14(12(18)13-11(7)17,10-4-8(16)9(6-15)26-10)27-31(22,23)29-32(24,25)28-30(19,20)21/h5,8-10,15-16H,4,6H2,1H3,(H4-,13,17,18,19,20,21,22,23,24,25)/p+1/t8-,9+,10+,14?/m0/s1. The van der Waals surface area contributed by atoms with E-state index in [0.29, 0.717) is 6.20 Å². The number of nitrogens with one attached hydrogen (secondary N) is 1. The van der Waals surface area contributed by atoms with E-state index in [-0.39, 0.29) is 0 Å². The monoisotopic (exact) mass is 523 g/mol. The largest absolute Gasteiger partial charge is 0.528 e. The second-order valence-corrected chi connectivity index (χ2v) is 10.5. The van der Waals surface area contributed by atoms with Crippen LogP contribution < -0.4 is 5.32 Å². The molecule has 0 saturated carbocycles. The van der Waals surface area contributed by atoms with Crippen LogP contribution in [-0.2, 0) is 36.5 Å². The van der Waals surface area contributed by atoms with Crippen molar-refractivity contribution in [2.45, 2.75) is 31.8 Å². The van der Waals surface area contributed by atoms with Gasteiger partial charge in [-0.1, -0.05) is 10.5 Å². The number of carbonyl (C=O) groups excluding carboxylic acids is 2. The van der Waals surface area contributed by atoms with Crippen molar-refractivity contribution in [2.24, 2.45) is 0 Å². The quantitative estimate of drug-likeness (QED) is 0.111. The normalized spacial score (nSPS) is 32.2.